The zero-order chi connectivity index (χ0) is 17.9. The molecule has 0 aromatic heterocycles. The van der Waals surface area contributed by atoms with Gasteiger partial charge in [0.25, 0.3) is 0 Å². The third-order valence-electron chi connectivity index (χ3n) is 4.96. The van der Waals surface area contributed by atoms with Crippen LogP contribution in [0.25, 0.3) is 0 Å². The first-order valence-corrected chi connectivity index (χ1v) is 8.64. The fourth-order valence-corrected chi connectivity index (χ4v) is 3.31. The molecule has 2 nitrogen and oxygen atoms in total. The second kappa shape index (κ2) is 7.22. The molecule has 0 amide bonds. The molecule has 1 atom stereocenters. The molecule has 2 heteroatoms. The van der Waals surface area contributed by atoms with Crippen LogP contribution in [0, 0.1) is 0 Å². The van der Waals surface area contributed by atoms with Crippen LogP contribution in [0.1, 0.15) is 35.2 Å². The van der Waals surface area contributed by atoms with E-state index in [4.69, 9.17) is 0 Å². The Kier molecular flexibility index (Phi) is 5.03. The summed E-state index contributed by atoms with van der Waals surface area (Å²) in [4.78, 5) is 2.16. The van der Waals surface area contributed by atoms with Gasteiger partial charge in [0.2, 0.25) is 0 Å². The minimum absolute atomic E-state index is 0.190. The van der Waals surface area contributed by atoms with Crippen molar-refractivity contribution in [1.82, 2.24) is 4.90 Å². The van der Waals surface area contributed by atoms with Crippen LogP contribution in [0.4, 0.5) is 0 Å². The molecule has 0 saturated heterocycles. The number of benzene rings is 3. The number of rotatable bonds is 5. The first kappa shape index (κ1) is 17.4. The average molecular weight is 331 g/mol. The van der Waals surface area contributed by atoms with Gasteiger partial charge >= 0.3 is 0 Å². The van der Waals surface area contributed by atoms with Gasteiger partial charge in [-0.15, -0.1) is 0 Å². The summed E-state index contributed by atoms with van der Waals surface area (Å²) in [5.41, 5.74) is 2.61. The molecule has 0 spiro atoms. The van der Waals surface area contributed by atoms with Crippen molar-refractivity contribution in [2.75, 3.05) is 14.1 Å². The van der Waals surface area contributed by atoms with Crippen molar-refractivity contribution in [3.05, 3.63) is 107 Å². The fraction of sp³-hybridized carbons (Fsp3) is 0.217. The Labute approximate surface area is 150 Å². The predicted molar refractivity (Wildman–Crippen MR) is 104 cm³/mol. The minimum atomic E-state index is -1.19. The summed E-state index contributed by atoms with van der Waals surface area (Å²) in [5, 5.41) is 12.0. The molecule has 128 valence electrons. The Hall–Kier alpha value is -2.42. The van der Waals surface area contributed by atoms with E-state index in [1.165, 1.54) is 0 Å². The molecule has 0 fully saturated rings. The summed E-state index contributed by atoms with van der Waals surface area (Å²) in [6.07, 6.45) is 0. The number of aliphatic hydroxyl groups is 1. The van der Waals surface area contributed by atoms with Gasteiger partial charge in [0.1, 0.15) is 5.60 Å². The van der Waals surface area contributed by atoms with Gasteiger partial charge in [-0.05, 0) is 43.3 Å². The summed E-state index contributed by atoms with van der Waals surface area (Å²) in [6, 6.07) is 28.2. The van der Waals surface area contributed by atoms with E-state index >= 15 is 0 Å². The summed E-state index contributed by atoms with van der Waals surface area (Å²) < 4.78 is 0. The number of hydrogen-bond acceptors (Lipinski definition) is 2. The van der Waals surface area contributed by atoms with E-state index in [2.05, 4.69) is 32.0 Å². The predicted octanol–water partition coefficient (Wildman–Crippen LogP) is 4.59. The van der Waals surface area contributed by atoms with E-state index in [0.29, 0.717) is 0 Å². The highest BCUT2D eigenvalue weighted by molar-refractivity contribution is 5.50. The maximum atomic E-state index is 12.0. The van der Waals surface area contributed by atoms with E-state index in [9.17, 15) is 5.11 Å². The van der Waals surface area contributed by atoms with Crippen LogP contribution < -0.4 is 0 Å². The third kappa shape index (κ3) is 3.23. The van der Waals surface area contributed by atoms with Crippen molar-refractivity contribution in [3.63, 3.8) is 0 Å². The van der Waals surface area contributed by atoms with E-state index in [1.807, 2.05) is 78.9 Å². The Morgan fingerprint density at radius 3 is 1.64 bits per heavy atom. The van der Waals surface area contributed by atoms with Crippen LogP contribution in [-0.2, 0) is 5.60 Å². The molecule has 0 aliphatic heterocycles. The van der Waals surface area contributed by atoms with Gasteiger partial charge in [-0.25, -0.2) is 0 Å². The van der Waals surface area contributed by atoms with Crippen LogP contribution >= 0.6 is 0 Å². The Balaban J connectivity index is 2.28. The van der Waals surface area contributed by atoms with Crippen LogP contribution in [0.5, 0.6) is 0 Å². The molecule has 0 aliphatic rings. The van der Waals surface area contributed by atoms with Gasteiger partial charge in [0, 0.05) is 6.04 Å². The largest absolute Gasteiger partial charge is 0.376 e. The summed E-state index contributed by atoms with van der Waals surface area (Å²) >= 11 is 0. The standard InChI is InChI=1S/C23H25NO/c1-18(24(2)3)21-16-10-11-17-22(21)23(25,19-12-6-4-7-13-19)20-14-8-5-9-15-20/h4-18,25H,1-3H3/t18-/m1/s1. The van der Waals surface area contributed by atoms with Crippen molar-refractivity contribution in [3.8, 4) is 0 Å². The lowest BCUT2D eigenvalue weighted by atomic mass is 9.77. The normalized spacial score (nSPS) is 13.0. The number of nitrogens with zero attached hydrogens (tertiary/aromatic N) is 1. The van der Waals surface area contributed by atoms with Crippen molar-refractivity contribution in [2.24, 2.45) is 0 Å². The molecule has 25 heavy (non-hydrogen) atoms. The van der Waals surface area contributed by atoms with E-state index in [0.717, 1.165) is 22.3 Å². The van der Waals surface area contributed by atoms with Crippen LogP contribution in [0.15, 0.2) is 84.9 Å². The van der Waals surface area contributed by atoms with Crippen molar-refractivity contribution < 1.29 is 5.11 Å². The Morgan fingerprint density at radius 1 is 0.720 bits per heavy atom. The van der Waals surface area contributed by atoms with Gasteiger partial charge in [0.05, 0.1) is 0 Å². The van der Waals surface area contributed by atoms with Gasteiger partial charge in [-0.2, -0.15) is 0 Å². The zero-order valence-corrected chi connectivity index (χ0v) is 15.1. The Bertz CT molecular complexity index is 772. The van der Waals surface area contributed by atoms with Crippen molar-refractivity contribution in [2.45, 2.75) is 18.6 Å². The maximum Gasteiger partial charge on any atom is 0.140 e. The molecule has 0 radical (unpaired) electrons. The van der Waals surface area contributed by atoms with E-state index in [-0.39, 0.29) is 6.04 Å². The lowest BCUT2D eigenvalue weighted by molar-refractivity contribution is 0.122. The molecule has 0 unspecified atom stereocenters. The highest BCUT2D eigenvalue weighted by Gasteiger charge is 2.36. The molecule has 0 bridgehead atoms. The van der Waals surface area contributed by atoms with Gasteiger partial charge < -0.3 is 10.0 Å². The van der Waals surface area contributed by atoms with E-state index < -0.39 is 5.60 Å². The molecular formula is C23H25NO. The maximum absolute atomic E-state index is 12.0. The summed E-state index contributed by atoms with van der Waals surface area (Å²) in [6.45, 7) is 2.16. The van der Waals surface area contributed by atoms with Crippen molar-refractivity contribution >= 4 is 0 Å². The van der Waals surface area contributed by atoms with Crippen molar-refractivity contribution in [1.29, 1.82) is 0 Å². The lowest BCUT2D eigenvalue weighted by Gasteiger charge is -2.34. The van der Waals surface area contributed by atoms with Crippen LogP contribution in [0.3, 0.4) is 0 Å². The topological polar surface area (TPSA) is 23.5 Å². The summed E-state index contributed by atoms with van der Waals surface area (Å²) in [5.74, 6) is 0. The van der Waals surface area contributed by atoms with Gasteiger partial charge in [0.15, 0.2) is 0 Å². The van der Waals surface area contributed by atoms with Gasteiger partial charge in [-0.3, -0.25) is 0 Å². The average Bonchev–Trinajstić information content (AvgIpc) is 2.68. The second-order valence-electron chi connectivity index (χ2n) is 6.67. The van der Waals surface area contributed by atoms with Gasteiger partial charge in [-0.1, -0.05) is 84.9 Å². The third-order valence-corrected chi connectivity index (χ3v) is 4.96. The molecule has 3 aromatic carbocycles. The number of hydrogen-bond donors (Lipinski definition) is 1. The zero-order valence-electron chi connectivity index (χ0n) is 15.1. The molecule has 0 aliphatic carbocycles. The molecule has 3 rings (SSSR count). The monoisotopic (exact) mass is 331 g/mol. The molecule has 0 saturated carbocycles. The van der Waals surface area contributed by atoms with Crippen LogP contribution in [-0.4, -0.2) is 24.1 Å². The minimum Gasteiger partial charge on any atom is -0.376 e. The lowest BCUT2D eigenvalue weighted by Crippen LogP contribution is -2.32. The molecular weight excluding hydrogens is 306 g/mol. The molecule has 1 N–H and O–H groups in total. The highest BCUT2D eigenvalue weighted by Crippen LogP contribution is 2.40. The first-order chi connectivity index (χ1) is 12.0. The smallest absolute Gasteiger partial charge is 0.140 e. The summed E-state index contributed by atoms with van der Waals surface area (Å²) in [7, 11) is 4.12. The molecule has 0 heterocycles. The fourth-order valence-electron chi connectivity index (χ4n) is 3.31. The van der Waals surface area contributed by atoms with Crippen LogP contribution in [0.2, 0.25) is 0 Å². The Morgan fingerprint density at radius 2 is 1.16 bits per heavy atom. The second-order valence-corrected chi connectivity index (χ2v) is 6.67. The molecule has 3 aromatic rings. The SMILES string of the molecule is C[C@H](c1ccccc1C(O)(c1ccccc1)c1ccccc1)N(C)C. The highest BCUT2D eigenvalue weighted by atomic mass is 16.3. The quantitative estimate of drug-likeness (QED) is 0.691. The first-order valence-electron chi connectivity index (χ1n) is 8.64. The van der Waals surface area contributed by atoms with E-state index in [1.54, 1.807) is 0 Å².